The first-order valence-corrected chi connectivity index (χ1v) is 14.9. The first-order chi connectivity index (χ1) is 18.0. The average Bonchev–Trinajstić information content (AvgIpc) is 2.88. The summed E-state index contributed by atoms with van der Waals surface area (Å²) in [4.78, 5) is 11.9. The smallest absolute Gasteiger partial charge is 0.323 e. The van der Waals surface area contributed by atoms with Crippen molar-refractivity contribution in [3.8, 4) is 23.0 Å². The van der Waals surface area contributed by atoms with Gasteiger partial charge in [0.25, 0.3) is 0 Å². The number of halogens is 3. The summed E-state index contributed by atoms with van der Waals surface area (Å²) >= 11 is 6.93. The lowest BCUT2D eigenvalue weighted by atomic mass is 10.0. The summed E-state index contributed by atoms with van der Waals surface area (Å²) in [6.45, 7) is 3.41. The van der Waals surface area contributed by atoms with Crippen molar-refractivity contribution < 1.29 is 37.6 Å². The fourth-order valence-electron chi connectivity index (χ4n) is 3.34. The molecule has 0 amide bonds. The van der Waals surface area contributed by atoms with E-state index in [4.69, 9.17) is 18.7 Å². The molecule has 0 saturated heterocycles. The Balaban J connectivity index is 1.71. The van der Waals surface area contributed by atoms with Gasteiger partial charge >= 0.3 is 13.5 Å². The molecule has 1 unspecified atom stereocenters. The van der Waals surface area contributed by atoms with Gasteiger partial charge in [0.2, 0.25) is 0 Å². The number of ether oxygens (including phenoxy) is 3. The number of phenolic OH excluding ortho intramolecular Hbond substituents is 1. The second kappa shape index (κ2) is 13.6. The van der Waals surface area contributed by atoms with E-state index in [1.54, 1.807) is 43.3 Å². The summed E-state index contributed by atoms with van der Waals surface area (Å²) in [5.41, 5.74) is 1.45. The lowest BCUT2D eigenvalue weighted by molar-refractivity contribution is -0.144. The molecule has 0 heterocycles. The van der Waals surface area contributed by atoms with Crippen molar-refractivity contribution in [1.29, 1.82) is 0 Å². The summed E-state index contributed by atoms with van der Waals surface area (Å²) in [6, 6.07) is 13.3. The lowest BCUT2D eigenvalue weighted by Gasteiger charge is -2.21. The fourth-order valence-corrected chi connectivity index (χ4v) is 5.95. The van der Waals surface area contributed by atoms with Crippen LogP contribution in [0.2, 0.25) is 0 Å². The molecular weight excluding hydrogens is 648 g/mol. The molecule has 0 spiro atoms. The molecule has 0 saturated carbocycles. The summed E-state index contributed by atoms with van der Waals surface area (Å²) in [7, 11) is -2.25. The largest absolute Gasteiger partial charge is 0.508 e. The standard InChI is InChI=1S/C26H27Br2FNO7P/c1-4-35-26(32)16(2)30-38(33,34-3)15-36-21-13-22(27)25(23(28)14-21)37-20-9-10-24(31)18(12-20)11-17-5-7-19(29)8-6-17/h5-10,12-14,16,31H,4,11,15H2,1-3H3,(H,30,33)/t16-,38?/m0/s1. The Kier molecular flexibility index (Phi) is 10.8. The van der Waals surface area contributed by atoms with E-state index in [1.165, 1.54) is 32.2 Å². The molecule has 3 aromatic carbocycles. The minimum Gasteiger partial charge on any atom is -0.508 e. The van der Waals surface area contributed by atoms with E-state index in [9.17, 15) is 18.9 Å². The highest BCUT2D eigenvalue weighted by atomic mass is 79.9. The molecule has 12 heteroatoms. The number of hydrogen-bond donors (Lipinski definition) is 2. The van der Waals surface area contributed by atoms with E-state index in [0.29, 0.717) is 38.2 Å². The van der Waals surface area contributed by atoms with Crippen LogP contribution < -0.4 is 14.6 Å². The topological polar surface area (TPSA) is 103 Å². The quantitative estimate of drug-likeness (QED) is 0.154. The molecule has 204 valence electrons. The van der Waals surface area contributed by atoms with Gasteiger partial charge in [0.1, 0.15) is 29.1 Å². The van der Waals surface area contributed by atoms with E-state index in [-0.39, 0.29) is 24.5 Å². The van der Waals surface area contributed by atoms with Gasteiger partial charge in [-0.1, -0.05) is 12.1 Å². The van der Waals surface area contributed by atoms with Gasteiger partial charge in [0, 0.05) is 19.1 Å². The minimum absolute atomic E-state index is 0.0945. The number of hydrogen-bond acceptors (Lipinski definition) is 7. The van der Waals surface area contributed by atoms with Crippen LogP contribution >= 0.6 is 39.4 Å². The highest BCUT2D eigenvalue weighted by Gasteiger charge is 2.29. The lowest BCUT2D eigenvalue weighted by Crippen LogP contribution is -2.34. The third kappa shape index (κ3) is 8.28. The highest BCUT2D eigenvalue weighted by Crippen LogP contribution is 2.44. The van der Waals surface area contributed by atoms with Crippen LogP contribution in [0.15, 0.2) is 63.5 Å². The zero-order valence-electron chi connectivity index (χ0n) is 20.9. The molecule has 0 radical (unpaired) electrons. The summed E-state index contributed by atoms with van der Waals surface area (Å²) < 4.78 is 49.1. The van der Waals surface area contributed by atoms with E-state index >= 15 is 0 Å². The van der Waals surface area contributed by atoms with E-state index < -0.39 is 19.5 Å². The summed E-state index contributed by atoms with van der Waals surface area (Å²) in [6.07, 6.45) is 0.0534. The third-order valence-electron chi connectivity index (χ3n) is 5.28. The number of phenols is 1. The van der Waals surface area contributed by atoms with Gasteiger partial charge < -0.3 is 23.8 Å². The van der Waals surface area contributed by atoms with Crippen LogP contribution in [-0.2, 0) is 25.0 Å². The zero-order chi connectivity index (χ0) is 27.9. The summed E-state index contributed by atoms with van der Waals surface area (Å²) in [5.74, 6) is 0.492. The number of aromatic hydroxyl groups is 1. The Hall–Kier alpha value is -2.43. The van der Waals surface area contributed by atoms with Crippen LogP contribution in [0, 0.1) is 5.82 Å². The normalized spacial score (nSPS) is 13.4. The first-order valence-electron chi connectivity index (χ1n) is 11.5. The molecule has 0 aliphatic heterocycles. The Bertz CT molecular complexity index is 1300. The zero-order valence-corrected chi connectivity index (χ0v) is 24.9. The number of carbonyl (C=O) groups excluding carboxylic acids is 1. The van der Waals surface area contributed by atoms with E-state index in [1.807, 2.05) is 0 Å². The Morgan fingerprint density at radius 1 is 1.08 bits per heavy atom. The van der Waals surface area contributed by atoms with Gasteiger partial charge in [0.05, 0.1) is 15.6 Å². The molecule has 0 aliphatic carbocycles. The van der Waals surface area contributed by atoms with Gasteiger partial charge in [-0.25, -0.2) is 9.48 Å². The molecule has 2 atom stereocenters. The van der Waals surface area contributed by atoms with Gasteiger partial charge in [-0.15, -0.1) is 0 Å². The second-order valence-electron chi connectivity index (χ2n) is 8.14. The number of esters is 1. The van der Waals surface area contributed by atoms with Crippen LogP contribution in [0.3, 0.4) is 0 Å². The van der Waals surface area contributed by atoms with Crippen LogP contribution in [0.25, 0.3) is 0 Å². The van der Waals surface area contributed by atoms with Crippen molar-refractivity contribution in [3.05, 3.63) is 80.5 Å². The molecule has 0 fully saturated rings. The van der Waals surface area contributed by atoms with Crippen LogP contribution in [-0.4, -0.2) is 37.2 Å². The Labute approximate surface area is 237 Å². The SMILES string of the molecule is CCOC(=O)[C@H](C)NP(=O)(COc1cc(Br)c(Oc2ccc(O)c(Cc3ccc(F)cc3)c2)c(Br)c1)OC. The molecule has 38 heavy (non-hydrogen) atoms. The van der Waals surface area contributed by atoms with Crippen molar-refractivity contribution in [3.63, 3.8) is 0 Å². The molecule has 2 N–H and O–H groups in total. The molecule has 8 nitrogen and oxygen atoms in total. The van der Waals surface area contributed by atoms with Gasteiger partial charge in [-0.2, -0.15) is 0 Å². The van der Waals surface area contributed by atoms with Crippen LogP contribution in [0.5, 0.6) is 23.0 Å². The summed E-state index contributed by atoms with van der Waals surface area (Å²) in [5, 5.41) is 12.9. The highest BCUT2D eigenvalue weighted by molar-refractivity contribution is 9.11. The maximum absolute atomic E-state index is 13.2. The Morgan fingerprint density at radius 3 is 2.34 bits per heavy atom. The average molecular weight is 675 g/mol. The third-order valence-corrected chi connectivity index (χ3v) is 8.29. The molecule has 0 aromatic heterocycles. The monoisotopic (exact) mass is 673 g/mol. The predicted molar refractivity (Wildman–Crippen MR) is 149 cm³/mol. The van der Waals surface area contributed by atoms with Crippen molar-refractivity contribution in [2.45, 2.75) is 26.3 Å². The predicted octanol–water partition coefficient (Wildman–Crippen LogP) is 7.16. The maximum Gasteiger partial charge on any atom is 0.323 e. The molecule has 3 rings (SSSR count). The van der Waals surface area contributed by atoms with Gasteiger partial charge in [0.15, 0.2) is 12.1 Å². The van der Waals surface area contributed by atoms with Crippen molar-refractivity contribution in [2.24, 2.45) is 0 Å². The van der Waals surface area contributed by atoms with Crippen molar-refractivity contribution in [2.75, 3.05) is 20.1 Å². The first kappa shape index (κ1) is 30.1. The molecule has 3 aromatic rings. The minimum atomic E-state index is -3.52. The Morgan fingerprint density at radius 2 is 1.74 bits per heavy atom. The molecule has 0 bridgehead atoms. The van der Waals surface area contributed by atoms with Crippen molar-refractivity contribution >= 4 is 45.3 Å². The number of carbonyl (C=O) groups is 1. The second-order valence-corrected chi connectivity index (χ2v) is 12.1. The van der Waals surface area contributed by atoms with Gasteiger partial charge in [-0.3, -0.25) is 9.36 Å². The number of benzene rings is 3. The maximum atomic E-state index is 13.2. The van der Waals surface area contributed by atoms with Crippen LogP contribution in [0.1, 0.15) is 25.0 Å². The van der Waals surface area contributed by atoms with E-state index in [0.717, 1.165) is 5.56 Å². The fraction of sp³-hybridized carbons (Fsp3) is 0.269. The van der Waals surface area contributed by atoms with Crippen molar-refractivity contribution in [1.82, 2.24) is 5.09 Å². The van der Waals surface area contributed by atoms with Crippen LogP contribution in [0.4, 0.5) is 4.39 Å². The number of rotatable bonds is 12. The molecule has 0 aliphatic rings. The van der Waals surface area contributed by atoms with E-state index in [2.05, 4.69) is 36.9 Å². The number of nitrogens with one attached hydrogen (secondary N) is 1. The van der Waals surface area contributed by atoms with Gasteiger partial charge in [-0.05, 0) is 93.7 Å². The molecular formula is C26H27Br2FNO7P.